The highest BCUT2D eigenvalue weighted by Gasteiger charge is 2.52. The maximum Gasteiger partial charge on any atom is 0.251 e. The molecule has 1 aliphatic heterocycles. The highest BCUT2D eigenvalue weighted by molar-refractivity contribution is 6.76. The van der Waals surface area contributed by atoms with Crippen molar-refractivity contribution in [1.29, 1.82) is 0 Å². The Morgan fingerprint density at radius 2 is 1.80 bits per heavy atom. The third-order valence-electron chi connectivity index (χ3n) is 2.16. The average Bonchev–Trinajstić information content (AvgIpc) is 2.96. The highest BCUT2D eigenvalue weighted by Crippen LogP contribution is 2.44. The van der Waals surface area contributed by atoms with Crippen molar-refractivity contribution in [2.45, 2.75) is 16.0 Å². The number of carbonyl (C=O) groups excluding carboxylic acids is 1. The van der Waals surface area contributed by atoms with E-state index in [1.807, 2.05) is 30.3 Å². The normalized spacial score (nSPS) is 25.0. The highest BCUT2D eigenvalue weighted by atomic mass is 35.6. The van der Waals surface area contributed by atoms with Crippen molar-refractivity contribution in [1.82, 2.24) is 0 Å². The molecule has 0 radical (unpaired) electrons. The van der Waals surface area contributed by atoms with Gasteiger partial charge in [-0.05, 0) is 5.56 Å². The first kappa shape index (κ1) is 11.2. The molecule has 0 aromatic heterocycles. The number of benzene rings is 1. The number of carbonyl (C=O) groups is 1. The lowest BCUT2D eigenvalue weighted by Gasteiger charge is -2.05. The quantitative estimate of drug-likeness (QED) is 0.607. The van der Waals surface area contributed by atoms with Crippen LogP contribution in [0.3, 0.4) is 0 Å². The number of hydrogen-bond acceptors (Lipinski definition) is 2. The number of ether oxygens (including phenoxy) is 1. The fraction of sp³-hybridized carbons (Fsp3) is 0.300. The SMILES string of the molecule is O=C([C@@H]1O[C@H]1c1ccccc1)C(Cl)(Cl)Cl. The summed E-state index contributed by atoms with van der Waals surface area (Å²) in [7, 11) is 0. The van der Waals surface area contributed by atoms with Crippen molar-refractivity contribution in [3.8, 4) is 0 Å². The molecule has 0 aliphatic carbocycles. The van der Waals surface area contributed by atoms with Crippen LogP contribution in [-0.2, 0) is 9.53 Å². The number of epoxide rings is 1. The van der Waals surface area contributed by atoms with Crippen LogP contribution < -0.4 is 0 Å². The molecule has 0 unspecified atom stereocenters. The summed E-state index contributed by atoms with van der Waals surface area (Å²) in [5, 5.41) is 0. The fourth-order valence-electron chi connectivity index (χ4n) is 1.37. The van der Waals surface area contributed by atoms with Crippen molar-refractivity contribution in [3.63, 3.8) is 0 Å². The third-order valence-corrected chi connectivity index (χ3v) is 2.72. The average molecular weight is 266 g/mol. The number of Topliss-reactive ketones (excluding diaryl/α,β-unsaturated/α-hetero) is 1. The van der Waals surface area contributed by atoms with Crippen LogP contribution in [0.5, 0.6) is 0 Å². The predicted octanol–water partition coefficient (Wildman–Crippen LogP) is 3.07. The van der Waals surface area contributed by atoms with Crippen molar-refractivity contribution >= 4 is 40.6 Å². The molecular weight excluding hydrogens is 258 g/mol. The Bertz CT molecular complexity index is 372. The van der Waals surface area contributed by atoms with Gasteiger partial charge in [-0.2, -0.15) is 0 Å². The van der Waals surface area contributed by atoms with Crippen LogP contribution in [0.15, 0.2) is 30.3 Å². The molecular formula is C10H7Cl3O2. The third kappa shape index (κ3) is 2.45. The number of alkyl halides is 3. The second kappa shape index (κ2) is 3.95. The van der Waals surface area contributed by atoms with E-state index in [9.17, 15) is 4.79 Å². The molecule has 1 heterocycles. The standard InChI is InChI=1S/C10H7Cl3O2/c11-10(12,13)9(14)8-7(15-8)6-4-2-1-3-5-6/h1-5,7-8H/t7-,8+/m0/s1. The first-order chi connectivity index (χ1) is 7.00. The minimum atomic E-state index is -1.89. The zero-order valence-electron chi connectivity index (χ0n) is 7.49. The molecule has 0 saturated carbocycles. The molecule has 80 valence electrons. The Balaban J connectivity index is 2.06. The number of ketones is 1. The largest absolute Gasteiger partial charge is 0.356 e. The van der Waals surface area contributed by atoms with E-state index in [2.05, 4.69) is 0 Å². The predicted molar refractivity (Wildman–Crippen MR) is 59.4 cm³/mol. The molecule has 1 aliphatic rings. The molecule has 5 heteroatoms. The zero-order chi connectivity index (χ0) is 11.1. The minimum Gasteiger partial charge on any atom is -0.356 e. The zero-order valence-corrected chi connectivity index (χ0v) is 9.76. The topological polar surface area (TPSA) is 29.6 Å². The lowest BCUT2D eigenvalue weighted by molar-refractivity contribution is -0.119. The molecule has 1 saturated heterocycles. The maximum atomic E-state index is 11.5. The van der Waals surface area contributed by atoms with Gasteiger partial charge in [-0.15, -0.1) is 0 Å². The Hall–Kier alpha value is -0.280. The minimum absolute atomic E-state index is 0.269. The monoisotopic (exact) mass is 264 g/mol. The molecule has 15 heavy (non-hydrogen) atoms. The summed E-state index contributed by atoms with van der Waals surface area (Å²) in [5.41, 5.74) is 0.921. The Morgan fingerprint density at radius 3 is 2.33 bits per heavy atom. The van der Waals surface area contributed by atoms with Crippen LogP contribution in [-0.4, -0.2) is 15.7 Å². The first-order valence-electron chi connectivity index (χ1n) is 4.31. The summed E-state index contributed by atoms with van der Waals surface area (Å²) < 4.78 is 3.29. The lowest BCUT2D eigenvalue weighted by Crippen LogP contribution is -2.24. The van der Waals surface area contributed by atoms with Crippen LogP contribution >= 0.6 is 34.8 Å². The second-order valence-electron chi connectivity index (χ2n) is 3.25. The molecule has 1 aromatic carbocycles. The summed E-state index contributed by atoms with van der Waals surface area (Å²) in [6, 6.07) is 9.37. The van der Waals surface area contributed by atoms with E-state index in [0.717, 1.165) is 5.56 Å². The molecule has 0 N–H and O–H groups in total. The van der Waals surface area contributed by atoms with Crippen molar-refractivity contribution in [2.24, 2.45) is 0 Å². The lowest BCUT2D eigenvalue weighted by atomic mass is 10.1. The van der Waals surface area contributed by atoms with Crippen LogP contribution in [0.25, 0.3) is 0 Å². The second-order valence-corrected chi connectivity index (χ2v) is 5.53. The van der Waals surface area contributed by atoms with Gasteiger partial charge in [-0.25, -0.2) is 0 Å². The van der Waals surface area contributed by atoms with Crippen LogP contribution in [0.2, 0.25) is 0 Å². The number of hydrogen-bond donors (Lipinski definition) is 0. The van der Waals surface area contributed by atoms with Gasteiger partial charge in [0.25, 0.3) is 3.79 Å². The molecule has 1 fully saturated rings. The van der Waals surface area contributed by atoms with E-state index in [0.29, 0.717) is 0 Å². The summed E-state index contributed by atoms with van der Waals surface area (Å²) in [5.74, 6) is -0.513. The van der Waals surface area contributed by atoms with Gasteiger partial charge >= 0.3 is 0 Å². The van der Waals surface area contributed by atoms with Gasteiger partial charge < -0.3 is 4.74 Å². The molecule has 0 bridgehead atoms. The van der Waals surface area contributed by atoms with E-state index < -0.39 is 15.7 Å². The summed E-state index contributed by atoms with van der Waals surface area (Å²) >= 11 is 16.4. The van der Waals surface area contributed by atoms with Gasteiger partial charge in [0.2, 0.25) is 5.78 Å². The number of halogens is 3. The van der Waals surface area contributed by atoms with Crippen molar-refractivity contribution in [3.05, 3.63) is 35.9 Å². The Labute approximate surface area is 102 Å². The van der Waals surface area contributed by atoms with Crippen LogP contribution in [0.4, 0.5) is 0 Å². The van der Waals surface area contributed by atoms with Crippen LogP contribution in [0.1, 0.15) is 11.7 Å². The molecule has 0 spiro atoms. The van der Waals surface area contributed by atoms with E-state index >= 15 is 0 Å². The van der Waals surface area contributed by atoms with Crippen molar-refractivity contribution < 1.29 is 9.53 Å². The molecule has 2 nitrogen and oxygen atoms in total. The van der Waals surface area contributed by atoms with E-state index in [1.54, 1.807) is 0 Å². The summed E-state index contributed by atoms with van der Waals surface area (Å²) in [4.78, 5) is 11.5. The molecule has 1 aromatic rings. The molecule has 2 atom stereocenters. The smallest absolute Gasteiger partial charge is 0.251 e. The maximum absolute atomic E-state index is 11.5. The van der Waals surface area contributed by atoms with Gasteiger partial charge in [-0.3, -0.25) is 4.79 Å². The van der Waals surface area contributed by atoms with Gasteiger partial charge in [0.1, 0.15) is 6.10 Å². The Morgan fingerprint density at radius 1 is 1.20 bits per heavy atom. The molecule has 2 rings (SSSR count). The summed E-state index contributed by atoms with van der Waals surface area (Å²) in [6.07, 6.45) is -0.894. The van der Waals surface area contributed by atoms with Crippen LogP contribution in [0, 0.1) is 0 Å². The Kier molecular flexibility index (Phi) is 2.95. The van der Waals surface area contributed by atoms with Gasteiger partial charge in [0.05, 0.1) is 0 Å². The molecule has 0 amide bonds. The van der Waals surface area contributed by atoms with Gasteiger partial charge in [0.15, 0.2) is 6.10 Å². The van der Waals surface area contributed by atoms with Gasteiger partial charge in [0, 0.05) is 0 Å². The summed E-state index contributed by atoms with van der Waals surface area (Å²) in [6.45, 7) is 0. The fourth-order valence-corrected chi connectivity index (χ4v) is 1.69. The number of rotatable bonds is 2. The van der Waals surface area contributed by atoms with E-state index in [1.165, 1.54) is 0 Å². The van der Waals surface area contributed by atoms with E-state index in [-0.39, 0.29) is 6.10 Å². The first-order valence-corrected chi connectivity index (χ1v) is 5.45. The van der Waals surface area contributed by atoms with E-state index in [4.69, 9.17) is 39.5 Å². The van der Waals surface area contributed by atoms with Gasteiger partial charge in [-0.1, -0.05) is 65.1 Å². The van der Waals surface area contributed by atoms with Crippen molar-refractivity contribution in [2.75, 3.05) is 0 Å².